The first-order valence-electron chi connectivity index (χ1n) is 11.0. The first kappa shape index (κ1) is 22.6. The van der Waals surface area contributed by atoms with Crippen LogP contribution >= 0.6 is 0 Å². The molecular formula is C26H31NO4. The Hall–Kier alpha value is -3.08. The minimum atomic E-state index is -0.645. The van der Waals surface area contributed by atoms with Crippen molar-refractivity contribution in [3.8, 4) is 5.75 Å². The van der Waals surface area contributed by atoms with E-state index in [1.54, 1.807) is 17.0 Å². The van der Waals surface area contributed by atoms with Crippen LogP contribution in [-0.4, -0.2) is 34.3 Å². The average molecular weight is 422 g/mol. The molecule has 31 heavy (non-hydrogen) atoms. The van der Waals surface area contributed by atoms with Crippen LogP contribution in [0.5, 0.6) is 5.75 Å². The number of aliphatic hydroxyl groups is 1. The zero-order valence-corrected chi connectivity index (χ0v) is 18.7. The number of unbranched alkanes of at least 4 members (excludes halogenated alkanes) is 2. The number of hydrogen-bond acceptors (Lipinski definition) is 4. The summed E-state index contributed by atoms with van der Waals surface area (Å²) in [6, 6.07) is 14.1. The van der Waals surface area contributed by atoms with Crippen molar-refractivity contribution in [2.45, 2.75) is 59.1 Å². The zero-order valence-electron chi connectivity index (χ0n) is 18.7. The largest absolute Gasteiger partial charge is 0.507 e. The van der Waals surface area contributed by atoms with Crippen LogP contribution in [0.2, 0.25) is 0 Å². The van der Waals surface area contributed by atoms with Gasteiger partial charge in [0, 0.05) is 12.1 Å². The molecule has 2 aromatic carbocycles. The highest BCUT2D eigenvalue weighted by Gasteiger charge is 2.45. The van der Waals surface area contributed by atoms with Gasteiger partial charge in [0.15, 0.2) is 0 Å². The number of aryl methyl sites for hydroxylation is 1. The lowest BCUT2D eigenvalue weighted by atomic mass is 9.95. The van der Waals surface area contributed by atoms with Gasteiger partial charge >= 0.3 is 0 Å². The fourth-order valence-electron chi connectivity index (χ4n) is 3.89. The highest BCUT2D eigenvalue weighted by molar-refractivity contribution is 6.46. The molecule has 1 aliphatic rings. The molecule has 0 saturated carbocycles. The standard InChI is InChI=1S/C26H31NO4/c1-5-6-7-15-27-23(20-9-8-10-21(16-20)31-17(2)3)22(25(29)26(27)30)24(28)19-13-11-18(4)12-14-19/h8-14,16-17,23,28H,5-7,15H2,1-4H3/b24-22-. The maximum absolute atomic E-state index is 13.0. The number of aliphatic hydroxyl groups excluding tert-OH is 1. The van der Waals surface area contributed by atoms with Crippen LogP contribution in [0.4, 0.5) is 0 Å². The lowest BCUT2D eigenvalue weighted by molar-refractivity contribution is -0.139. The Morgan fingerprint density at radius 1 is 1.10 bits per heavy atom. The Morgan fingerprint density at radius 3 is 2.45 bits per heavy atom. The van der Waals surface area contributed by atoms with Crippen LogP contribution in [0.15, 0.2) is 54.1 Å². The number of carbonyl (C=O) groups excluding carboxylic acids is 2. The molecule has 0 aliphatic carbocycles. The molecule has 1 amide bonds. The van der Waals surface area contributed by atoms with Crippen LogP contribution in [0.3, 0.4) is 0 Å². The molecular weight excluding hydrogens is 390 g/mol. The van der Waals surface area contributed by atoms with Crippen molar-refractivity contribution in [1.82, 2.24) is 4.90 Å². The molecule has 1 saturated heterocycles. The normalized spacial score (nSPS) is 18.1. The fourth-order valence-corrected chi connectivity index (χ4v) is 3.89. The van der Waals surface area contributed by atoms with Gasteiger partial charge in [-0.3, -0.25) is 9.59 Å². The molecule has 1 atom stereocenters. The van der Waals surface area contributed by atoms with E-state index >= 15 is 0 Å². The van der Waals surface area contributed by atoms with E-state index < -0.39 is 17.7 Å². The number of carbonyl (C=O) groups is 2. The van der Waals surface area contributed by atoms with Gasteiger partial charge in [-0.2, -0.15) is 0 Å². The maximum Gasteiger partial charge on any atom is 0.295 e. The molecule has 5 heteroatoms. The summed E-state index contributed by atoms with van der Waals surface area (Å²) in [4.78, 5) is 27.6. The maximum atomic E-state index is 13.0. The second-order valence-corrected chi connectivity index (χ2v) is 8.30. The van der Waals surface area contributed by atoms with Gasteiger partial charge in [0.2, 0.25) is 0 Å². The Bertz CT molecular complexity index is 975. The van der Waals surface area contributed by atoms with E-state index in [0.29, 0.717) is 17.9 Å². The molecule has 1 N–H and O–H groups in total. The first-order valence-corrected chi connectivity index (χ1v) is 11.0. The number of Topliss-reactive ketones (excluding diaryl/α,β-unsaturated/α-hetero) is 1. The second kappa shape index (κ2) is 9.82. The third kappa shape index (κ3) is 4.98. The zero-order chi connectivity index (χ0) is 22.5. The Kier molecular flexibility index (Phi) is 7.16. The summed E-state index contributed by atoms with van der Waals surface area (Å²) in [5.41, 5.74) is 2.46. The van der Waals surface area contributed by atoms with E-state index in [9.17, 15) is 14.7 Å². The van der Waals surface area contributed by atoms with E-state index in [4.69, 9.17) is 4.74 Å². The fraction of sp³-hybridized carbons (Fsp3) is 0.385. The number of ether oxygens (including phenoxy) is 1. The molecule has 0 spiro atoms. The van der Waals surface area contributed by atoms with E-state index in [-0.39, 0.29) is 17.4 Å². The van der Waals surface area contributed by atoms with Crippen molar-refractivity contribution in [3.05, 3.63) is 70.8 Å². The van der Waals surface area contributed by atoms with E-state index in [0.717, 1.165) is 30.4 Å². The Morgan fingerprint density at radius 2 is 1.81 bits per heavy atom. The van der Waals surface area contributed by atoms with Gasteiger partial charge in [-0.1, -0.05) is 61.7 Å². The average Bonchev–Trinajstić information content (AvgIpc) is 2.99. The quantitative estimate of drug-likeness (QED) is 0.268. The number of nitrogens with zero attached hydrogens (tertiary/aromatic N) is 1. The van der Waals surface area contributed by atoms with E-state index in [2.05, 4.69) is 6.92 Å². The monoisotopic (exact) mass is 421 g/mol. The summed E-state index contributed by atoms with van der Waals surface area (Å²) in [6.07, 6.45) is 2.77. The van der Waals surface area contributed by atoms with Crippen molar-refractivity contribution < 1.29 is 19.4 Å². The van der Waals surface area contributed by atoms with E-state index in [1.807, 2.05) is 57.2 Å². The second-order valence-electron chi connectivity index (χ2n) is 8.30. The summed E-state index contributed by atoms with van der Waals surface area (Å²) in [6.45, 7) is 8.40. The van der Waals surface area contributed by atoms with Gasteiger partial charge in [-0.25, -0.2) is 0 Å². The van der Waals surface area contributed by atoms with Crippen molar-refractivity contribution in [3.63, 3.8) is 0 Å². The molecule has 0 aromatic heterocycles. The molecule has 1 unspecified atom stereocenters. The van der Waals surface area contributed by atoms with Crippen LogP contribution in [-0.2, 0) is 9.59 Å². The van der Waals surface area contributed by atoms with Gasteiger partial charge in [0.05, 0.1) is 17.7 Å². The minimum Gasteiger partial charge on any atom is -0.507 e. The molecule has 3 rings (SSSR count). The lowest BCUT2D eigenvalue weighted by Gasteiger charge is -2.26. The summed E-state index contributed by atoms with van der Waals surface area (Å²) in [5, 5.41) is 11.1. The SMILES string of the molecule is CCCCCN1C(=O)C(=O)/C(=C(\O)c2ccc(C)cc2)C1c1cccc(OC(C)C)c1. The van der Waals surface area contributed by atoms with Crippen molar-refractivity contribution >= 4 is 17.4 Å². The molecule has 164 valence electrons. The lowest BCUT2D eigenvalue weighted by Crippen LogP contribution is -2.30. The Labute approximate surface area is 184 Å². The molecule has 1 aliphatic heterocycles. The summed E-state index contributed by atoms with van der Waals surface area (Å²) < 4.78 is 5.83. The molecule has 0 radical (unpaired) electrons. The highest BCUT2D eigenvalue weighted by Crippen LogP contribution is 2.40. The predicted molar refractivity (Wildman–Crippen MR) is 122 cm³/mol. The summed E-state index contributed by atoms with van der Waals surface area (Å²) in [5.74, 6) is -0.682. The van der Waals surface area contributed by atoms with Crippen LogP contribution < -0.4 is 4.74 Å². The van der Waals surface area contributed by atoms with Crippen molar-refractivity contribution in [2.75, 3.05) is 6.54 Å². The third-order valence-corrected chi connectivity index (χ3v) is 5.41. The van der Waals surface area contributed by atoms with Gasteiger partial charge in [-0.15, -0.1) is 0 Å². The number of amides is 1. The number of benzene rings is 2. The van der Waals surface area contributed by atoms with Crippen LogP contribution in [0.25, 0.3) is 5.76 Å². The highest BCUT2D eigenvalue weighted by atomic mass is 16.5. The first-order chi connectivity index (χ1) is 14.8. The van der Waals surface area contributed by atoms with Crippen LogP contribution in [0, 0.1) is 6.92 Å². The minimum absolute atomic E-state index is 0.00118. The van der Waals surface area contributed by atoms with Gasteiger partial charge < -0.3 is 14.7 Å². The smallest absolute Gasteiger partial charge is 0.295 e. The third-order valence-electron chi connectivity index (χ3n) is 5.41. The van der Waals surface area contributed by atoms with Crippen LogP contribution in [0.1, 0.15) is 62.8 Å². The number of hydrogen-bond donors (Lipinski definition) is 1. The van der Waals surface area contributed by atoms with Gasteiger partial charge in [0.25, 0.3) is 11.7 Å². The molecule has 1 fully saturated rings. The van der Waals surface area contributed by atoms with Crippen molar-refractivity contribution in [2.24, 2.45) is 0 Å². The molecule has 1 heterocycles. The van der Waals surface area contributed by atoms with Gasteiger partial charge in [-0.05, 0) is 44.9 Å². The summed E-state index contributed by atoms with van der Waals surface area (Å²) in [7, 11) is 0. The number of ketones is 1. The molecule has 5 nitrogen and oxygen atoms in total. The van der Waals surface area contributed by atoms with Crippen molar-refractivity contribution in [1.29, 1.82) is 0 Å². The summed E-state index contributed by atoms with van der Waals surface area (Å²) >= 11 is 0. The van der Waals surface area contributed by atoms with Gasteiger partial charge in [0.1, 0.15) is 11.5 Å². The topological polar surface area (TPSA) is 66.8 Å². The predicted octanol–water partition coefficient (Wildman–Crippen LogP) is 5.39. The number of likely N-dealkylation sites (tertiary alicyclic amines) is 1. The molecule has 2 aromatic rings. The van der Waals surface area contributed by atoms with E-state index in [1.165, 1.54) is 0 Å². The number of rotatable bonds is 8. The Balaban J connectivity index is 2.11. The molecule has 0 bridgehead atoms.